The summed E-state index contributed by atoms with van der Waals surface area (Å²) in [5.74, 6) is -1.66. The average Bonchev–Trinajstić information content (AvgIpc) is 2.95. The normalized spacial score (nSPS) is 18.2. The minimum Gasteiger partial charge on any atom is -0.288 e. The van der Waals surface area contributed by atoms with Gasteiger partial charge in [-0.05, 0) is 42.5 Å². The molecule has 31 heavy (non-hydrogen) atoms. The molecular weight excluding hydrogens is 452 g/mol. The summed E-state index contributed by atoms with van der Waals surface area (Å²) in [5.41, 5.74) is -0.837. The van der Waals surface area contributed by atoms with Crippen LogP contribution in [-0.2, 0) is 20.2 Å². The third kappa shape index (κ3) is 3.29. The third-order valence-electron chi connectivity index (χ3n) is 4.74. The lowest BCUT2D eigenvalue weighted by Crippen LogP contribution is -2.22. The van der Waals surface area contributed by atoms with Gasteiger partial charge >= 0.3 is 0 Å². The van der Waals surface area contributed by atoms with Crippen LogP contribution >= 0.6 is 0 Å². The van der Waals surface area contributed by atoms with Crippen molar-refractivity contribution in [1.29, 1.82) is 0 Å². The van der Waals surface area contributed by atoms with E-state index in [9.17, 15) is 40.4 Å². The second-order valence-corrected chi connectivity index (χ2v) is 9.37. The van der Waals surface area contributed by atoms with Crippen LogP contribution in [-0.4, -0.2) is 37.5 Å². The van der Waals surface area contributed by atoms with E-state index >= 15 is 0 Å². The van der Waals surface area contributed by atoms with E-state index < -0.39 is 47.2 Å². The molecule has 2 N–H and O–H groups in total. The van der Waals surface area contributed by atoms with Gasteiger partial charge in [-0.15, -0.1) is 4.91 Å². The van der Waals surface area contributed by atoms with Crippen LogP contribution in [0.1, 0.15) is 26.3 Å². The van der Waals surface area contributed by atoms with E-state index in [4.69, 9.17) is 0 Å². The zero-order chi connectivity index (χ0) is 22.7. The van der Waals surface area contributed by atoms with Gasteiger partial charge in [-0.1, -0.05) is 6.08 Å². The number of nitroso groups, excluding NO2 is 1. The number of Topliss-reactive ketones (excluding diaryl/α,β-unsaturated/α-hetero) is 2. The lowest BCUT2D eigenvalue weighted by molar-refractivity contribution is 0.0987. The first-order chi connectivity index (χ1) is 14.4. The maximum Gasteiger partial charge on any atom is 0.294 e. The van der Waals surface area contributed by atoms with Crippen molar-refractivity contribution < 1.29 is 35.5 Å². The molecule has 0 bridgehead atoms. The van der Waals surface area contributed by atoms with Crippen molar-refractivity contribution in [2.24, 2.45) is 5.29 Å². The first-order valence-electron chi connectivity index (χ1n) is 8.31. The lowest BCUT2D eigenvalue weighted by atomic mass is 10.0. The number of anilines is 1. The van der Waals surface area contributed by atoms with Gasteiger partial charge in [0.2, 0.25) is 0 Å². The second kappa shape index (κ2) is 6.75. The maximum atomic E-state index is 12.9. The molecule has 0 aromatic heterocycles. The summed E-state index contributed by atoms with van der Waals surface area (Å²) < 4.78 is 63.7. The van der Waals surface area contributed by atoms with Crippen LogP contribution < -0.4 is 5.01 Å². The minimum atomic E-state index is -4.62. The third-order valence-corrected chi connectivity index (χ3v) is 6.44. The quantitative estimate of drug-likeness (QED) is 0.297. The topological polar surface area (TPSA) is 176 Å². The Morgan fingerprint density at radius 1 is 0.774 bits per heavy atom. The lowest BCUT2D eigenvalue weighted by Gasteiger charge is -2.23. The summed E-state index contributed by atoms with van der Waals surface area (Å²) in [7, 11) is -9.13. The van der Waals surface area contributed by atoms with E-state index in [1.807, 2.05) is 0 Å². The molecule has 0 spiro atoms. The van der Waals surface area contributed by atoms with E-state index in [0.29, 0.717) is 5.01 Å². The highest BCUT2D eigenvalue weighted by Crippen LogP contribution is 2.38. The molecule has 0 saturated heterocycles. The molecule has 2 aliphatic rings. The molecule has 0 fully saturated rings. The summed E-state index contributed by atoms with van der Waals surface area (Å²) in [6.45, 7) is 0. The Balaban J connectivity index is 1.88. The Labute approximate surface area is 174 Å². The van der Waals surface area contributed by atoms with Crippen LogP contribution in [0.2, 0.25) is 0 Å². The molecule has 0 radical (unpaired) electrons. The molecule has 0 unspecified atom stereocenters. The summed E-state index contributed by atoms with van der Waals surface area (Å²) in [6.07, 6.45) is 2.51. The fraction of sp³-hybridized carbons (Fsp3) is 0. The molecule has 0 saturated carbocycles. The molecule has 13 heteroatoms. The van der Waals surface area contributed by atoms with E-state index in [2.05, 4.69) is 5.29 Å². The number of hydrogen-bond donors (Lipinski definition) is 2. The Bertz CT molecular complexity index is 1490. The number of rotatable bonds is 3. The maximum absolute atomic E-state index is 12.9. The molecule has 1 aliphatic heterocycles. The highest BCUT2D eigenvalue weighted by Gasteiger charge is 2.39. The molecule has 11 nitrogen and oxygen atoms in total. The van der Waals surface area contributed by atoms with Crippen LogP contribution in [0.3, 0.4) is 0 Å². The highest BCUT2D eigenvalue weighted by atomic mass is 32.2. The standard InChI is InChI=1S/C18H10N2O9S2/c21-17-12-4-2-11(31(27,28)29)8-13(12)18(22)16(17)15-5-1-9-7-10(30(24,25)26)3-6-14(9)20(15)19-23/h1-8H,(H,24,25,26)(H,27,28,29). The van der Waals surface area contributed by atoms with E-state index in [-0.39, 0.29) is 28.1 Å². The van der Waals surface area contributed by atoms with Crippen molar-refractivity contribution in [2.45, 2.75) is 9.79 Å². The van der Waals surface area contributed by atoms with Gasteiger partial charge in [0.15, 0.2) is 11.6 Å². The van der Waals surface area contributed by atoms with Gasteiger partial charge < -0.3 is 0 Å². The van der Waals surface area contributed by atoms with Crippen LogP contribution in [0.4, 0.5) is 5.69 Å². The SMILES string of the molecule is O=NN1C(=C2C(=O)c3ccc(S(=O)(=O)O)cc3C2=O)C=Cc2cc(S(=O)(=O)O)ccc21. The molecule has 1 aliphatic carbocycles. The summed E-state index contributed by atoms with van der Waals surface area (Å²) in [4.78, 5) is 36.2. The number of carbonyl (C=O) groups excluding carboxylic acids is 2. The van der Waals surface area contributed by atoms with Gasteiger partial charge in [-0.2, -0.15) is 21.8 Å². The number of carbonyl (C=O) groups is 2. The van der Waals surface area contributed by atoms with Crippen LogP contribution in [0.25, 0.3) is 6.08 Å². The van der Waals surface area contributed by atoms with Crippen molar-refractivity contribution in [3.05, 3.63) is 75.3 Å². The van der Waals surface area contributed by atoms with Gasteiger partial charge in [-0.25, -0.2) is 0 Å². The van der Waals surface area contributed by atoms with Crippen LogP contribution in [0.5, 0.6) is 0 Å². The number of ketones is 2. The van der Waals surface area contributed by atoms with Crippen molar-refractivity contribution in [3.63, 3.8) is 0 Å². The Morgan fingerprint density at radius 3 is 1.97 bits per heavy atom. The number of fused-ring (bicyclic) bond motifs is 2. The monoisotopic (exact) mass is 462 g/mol. The van der Waals surface area contributed by atoms with Gasteiger partial charge in [0.05, 0.1) is 32.0 Å². The minimum absolute atomic E-state index is 0.0441. The molecule has 158 valence electrons. The van der Waals surface area contributed by atoms with Crippen molar-refractivity contribution in [1.82, 2.24) is 0 Å². The van der Waals surface area contributed by atoms with Crippen molar-refractivity contribution >= 4 is 43.6 Å². The zero-order valence-corrected chi connectivity index (χ0v) is 16.7. The van der Waals surface area contributed by atoms with Gasteiger partial charge in [-0.3, -0.25) is 18.7 Å². The van der Waals surface area contributed by atoms with E-state index in [0.717, 1.165) is 36.4 Å². The largest absolute Gasteiger partial charge is 0.294 e. The van der Waals surface area contributed by atoms with Gasteiger partial charge in [0.25, 0.3) is 20.2 Å². The highest BCUT2D eigenvalue weighted by molar-refractivity contribution is 7.86. The van der Waals surface area contributed by atoms with Crippen LogP contribution in [0.15, 0.2) is 68.8 Å². The van der Waals surface area contributed by atoms with Gasteiger partial charge in [0, 0.05) is 16.7 Å². The molecule has 1 heterocycles. The Morgan fingerprint density at radius 2 is 1.35 bits per heavy atom. The summed E-state index contributed by atoms with van der Waals surface area (Å²) in [5, 5.41) is 3.53. The Hall–Kier alpha value is -3.52. The molecule has 4 rings (SSSR count). The van der Waals surface area contributed by atoms with Crippen molar-refractivity contribution in [2.75, 3.05) is 5.01 Å². The summed E-state index contributed by atoms with van der Waals surface area (Å²) >= 11 is 0. The fourth-order valence-corrected chi connectivity index (χ4v) is 4.36. The van der Waals surface area contributed by atoms with Gasteiger partial charge in [0.1, 0.15) is 0 Å². The molecule has 2 aromatic carbocycles. The Kier molecular flexibility index (Phi) is 4.51. The van der Waals surface area contributed by atoms with Crippen LogP contribution in [0, 0.1) is 4.91 Å². The second-order valence-electron chi connectivity index (χ2n) is 6.52. The average molecular weight is 462 g/mol. The first kappa shape index (κ1) is 20.7. The fourth-order valence-electron chi connectivity index (χ4n) is 3.34. The predicted octanol–water partition coefficient (Wildman–Crippen LogP) is 2.03. The number of nitrogens with zero attached hydrogens (tertiary/aromatic N) is 2. The number of allylic oxidation sites excluding steroid dienone is 2. The smallest absolute Gasteiger partial charge is 0.288 e. The van der Waals surface area contributed by atoms with Crippen molar-refractivity contribution in [3.8, 4) is 0 Å². The first-order valence-corrected chi connectivity index (χ1v) is 11.2. The van der Waals surface area contributed by atoms with E-state index in [1.54, 1.807) is 0 Å². The van der Waals surface area contributed by atoms with E-state index in [1.165, 1.54) is 12.2 Å². The summed E-state index contributed by atoms with van der Waals surface area (Å²) in [6, 6.07) is 6.15. The predicted molar refractivity (Wildman–Crippen MR) is 106 cm³/mol. The number of hydrogen-bond acceptors (Lipinski definition) is 8. The molecule has 0 amide bonds. The molecular formula is C18H10N2O9S2. The number of benzene rings is 2. The molecule has 0 atom stereocenters. The zero-order valence-electron chi connectivity index (χ0n) is 15.1. The molecule has 2 aromatic rings.